The molecule has 1 fully saturated rings. The van der Waals surface area contributed by atoms with E-state index in [2.05, 4.69) is 27.0 Å². The molecule has 1 aliphatic heterocycles. The average molecular weight is 348 g/mol. The van der Waals surface area contributed by atoms with E-state index >= 15 is 0 Å². The molecular weight excluding hydrogens is 327 g/mol. The maximum atomic E-state index is 13.1. The summed E-state index contributed by atoms with van der Waals surface area (Å²) in [4.78, 5) is 15.8. The number of benzene rings is 1. The van der Waals surface area contributed by atoms with E-state index in [1.54, 1.807) is 24.5 Å². The Morgan fingerprint density at radius 1 is 0.962 bits per heavy atom. The fraction of sp³-hybridized carbons (Fsp3) is 0.286. The first kappa shape index (κ1) is 16.6. The van der Waals surface area contributed by atoms with E-state index in [0.717, 1.165) is 48.7 Å². The lowest BCUT2D eigenvalue weighted by Crippen LogP contribution is -2.33. The number of hydrogen-bond donors (Lipinski definition) is 0. The third kappa shape index (κ3) is 3.57. The molecule has 0 amide bonds. The van der Waals surface area contributed by atoms with Gasteiger partial charge in [-0.1, -0.05) is 6.07 Å². The second-order valence-electron chi connectivity index (χ2n) is 6.76. The van der Waals surface area contributed by atoms with E-state index in [0.29, 0.717) is 5.92 Å². The molecule has 0 atom stereocenters. The van der Waals surface area contributed by atoms with Crippen LogP contribution in [0.4, 0.5) is 10.2 Å². The normalized spacial score (nSPS) is 15.2. The number of rotatable bonds is 3. The van der Waals surface area contributed by atoms with Crippen LogP contribution in [0.15, 0.2) is 55.0 Å². The molecule has 4 rings (SSSR count). The second-order valence-corrected chi connectivity index (χ2v) is 6.76. The Bertz CT molecular complexity index is 869. The third-order valence-corrected chi connectivity index (χ3v) is 4.99. The van der Waals surface area contributed by atoms with E-state index in [9.17, 15) is 4.39 Å². The van der Waals surface area contributed by atoms with Crippen molar-refractivity contribution in [3.05, 3.63) is 72.1 Å². The van der Waals surface area contributed by atoms with E-state index in [4.69, 9.17) is 4.98 Å². The number of piperidine rings is 1. The van der Waals surface area contributed by atoms with Crippen LogP contribution < -0.4 is 4.90 Å². The standard InChI is InChI=1S/C21H21FN4/c1-15-2-3-18(12-24-15)16-8-10-26(11-9-16)21-14-23-13-20(25-21)17-4-6-19(22)7-5-17/h2-7,12-14,16H,8-11H2,1H3. The molecule has 0 unspecified atom stereocenters. The van der Waals surface area contributed by atoms with Crippen molar-refractivity contribution in [1.29, 1.82) is 0 Å². The van der Waals surface area contributed by atoms with Crippen LogP contribution in [0.1, 0.15) is 30.0 Å². The van der Waals surface area contributed by atoms with Gasteiger partial charge in [-0.2, -0.15) is 0 Å². The Morgan fingerprint density at radius 3 is 2.42 bits per heavy atom. The molecule has 5 heteroatoms. The minimum Gasteiger partial charge on any atom is -0.355 e. The van der Waals surface area contributed by atoms with Gasteiger partial charge in [0.05, 0.1) is 18.1 Å². The average Bonchev–Trinajstić information content (AvgIpc) is 2.69. The summed E-state index contributed by atoms with van der Waals surface area (Å²) in [7, 11) is 0. The monoisotopic (exact) mass is 348 g/mol. The van der Waals surface area contributed by atoms with E-state index in [1.165, 1.54) is 17.7 Å². The Morgan fingerprint density at radius 2 is 1.73 bits per heavy atom. The Balaban J connectivity index is 1.47. The molecule has 1 saturated heterocycles. The zero-order chi connectivity index (χ0) is 17.9. The van der Waals surface area contributed by atoms with Crippen LogP contribution in [0, 0.1) is 12.7 Å². The molecule has 26 heavy (non-hydrogen) atoms. The quantitative estimate of drug-likeness (QED) is 0.705. The zero-order valence-corrected chi connectivity index (χ0v) is 14.8. The maximum Gasteiger partial charge on any atom is 0.147 e. The lowest BCUT2D eigenvalue weighted by Gasteiger charge is -2.32. The fourth-order valence-electron chi connectivity index (χ4n) is 3.43. The molecule has 0 aliphatic carbocycles. The second kappa shape index (κ2) is 7.20. The molecule has 3 heterocycles. The predicted molar refractivity (Wildman–Crippen MR) is 101 cm³/mol. The lowest BCUT2D eigenvalue weighted by molar-refractivity contribution is 0.501. The van der Waals surface area contributed by atoms with Crippen LogP contribution in [-0.2, 0) is 0 Å². The van der Waals surface area contributed by atoms with Crippen LogP contribution in [0.2, 0.25) is 0 Å². The molecule has 0 saturated carbocycles. The Labute approximate surface area is 152 Å². The number of hydrogen-bond acceptors (Lipinski definition) is 4. The highest BCUT2D eigenvalue weighted by atomic mass is 19.1. The lowest BCUT2D eigenvalue weighted by atomic mass is 9.90. The summed E-state index contributed by atoms with van der Waals surface area (Å²) in [5.74, 6) is 1.19. The molecule has 0 spiro atoms. The Hall–Kier alpha value is -2.82. The maximum absolute atomic E-state index is 13.1. The number of halogens is 1. The minimum atomic E-state index is -0.245. The molecule has 0 N–H and O–H groups in total. The highest BCUT2D eigenvalue weighted by Gasteiger charge is 2.22. The summed E-state index contributed by atoms with van der Waals surface area (Å²) in [5.41, 5.74) is 4.02. The summed E-state index contributed by atoms with van der Waals surface area (Å²) < 4.78 is 13.1. The van der Waals surface area contributed by atoms with E-state index in [-0.39, 0.29) is 5.82 Å². The molecule has 0 radical (unpaired) electrons. The number of aromatic nitrogens is 3. The van der Waals surface area contributed by atoms with Gasteiger partial charge in [-0.3, -0.25) is 9.97 Å². The van der Waals surface area contributed by atoms with Gasteiger partial charge in [-0.15, -0.1) is 0 Å². The number of pyridine rings is 1. The van der Waals surface area contributed by atoms with Crippen LogP contribution in [-0.4, -0.2) is 28.0 Å². The highest BCUT2D eigenvalue weighted by molar-refractivity contribution is 5.60. The number of aryl methyl sites for hydroxylation is 1. The molecule has 3 aromatic rings. The van der Waals surface area contributed by atoms with Crippen LogP contribution in [0.25, 0.3) is 11.3 Å². The summed E-state index contributed by atoms with van der Waals surface area (Å²) in [6.45, 7) is 3.90. The van der Waals surface area contributed by atoms with Crippen LogP contribution in [0.5, 0.6) is 0 Å². The van der Waals surface area contributed by atoms with Crippen molar-refractivity contribution in [3.63, 3.8) is 0 Å². The summed E-state index contributed by atoms with van der Waals surface area (Å²) in [6.07, 6.45) is 7.69. The molecule has 132 valence electrons. The first-order valence-electron chi connectivity index (χ1n) is 8.94. The fourth-order valence-corrected chi connectivity index (χ4v) is 3.43. The molecule has 4 nitrogen and oxygen atoms in total. The molecule has 2 aromatic heterocycles. The summed E-state index contributed by atoms with van der Waals surface area (Å²) >= 11 is 0. The van der Waals surface area contributed by atoms with E-state index < -0.39 is 0 Å². The molecule has 1 aromatic carbocycles. The zero-order valence-electron chi connectivity index (χ0n) is 14.8. The van der Waals surface area contributed by atoms with Crippen molar-refractivity contribution in [2.45, 2.75) is 25.7 Å². The van der Waals surface area contributed by atoms with Gasteiger partial charge in [0.15, 0.2) is 0 Å². The molecule has 1 aliphatic rings. The van der Waals surface area contributed by atoms with E-state index in [1.807, 2.05) is 13.1 Å². The van der Waals surface area contributed by atoms with Crippen molar-refractivity contribution in [1.82, 2.24) is 15.0 Å². The third-order valence-electron chi connectivity index (χ3n) is 4.99. The topological polar surface area (TPSA) is 41.9 Å². The van der Waals surface area contributed by atoms with Gasteiger partial charge in [0.1, 0.15) is 11.6 Å². The Kier molecular flexibility index (Phi) is 4.61. The van der Waals surface area contributed by atoms with Gasteiger partial charge in [-0.25, -0.2) is 9.37 Å². The number of anilines is 1. The minimum absolute atomic E-state index is 0.245. The molecule has 0 bridgehead atoms. The van der Waals surface area contributed by atoms with Crippen LogP contribution >= 0.6 is 0 Å². The highest BCUT2D eigenvalue weighted by Crippen LogP contribution is 2.30. The first-order chi connectivity index (χ1) is 12.7. The number of nitrogens with zero attached hydrogens (tertiary/aromatic N) is 4. The summed E-state index contributed by atoms with van der Waals surface area (Å²) in [6, 6.07) is 10.6. The van der Waals surface area contributed by atoms with Crippen LogP contribution in [0.3, 0.4) is 0 Å². The van der Waals surface area contributed by atoms with Gasteiger partial charge >= 0.3 is 0 Å². The summed E-state index contributed by atoms with van der Waals surface area (Å²) in [5, 5.41) is 0. The van der Waals surface area contributed by atoms with Gasteiger partial charge in [0.25, 0.3) is 0 Å². The SMILES string of the molecule is Cc1ccc(C2CCN(c3cncc(-c4ccc(F)cc4)n3)CC2)cn1. The van der Waals surface area contributed by atoms with Gasteiger partial charge in [0.2, 0.25) is 0 Å². The molecular formula is C21H21FN4. The van der Waals surface area contributed by atoms with Crippen molar-refractivity contribution < 1.29 is 4.39 Å². The smallest absolute Gasteiger partial charge is 0.147 e. The predicted octanol–water partition coefficient (Wildman–Crippen LogP) is 4.37. The van der Waals surface area contributed by atoms with Crippen molar-refractivity contribution in [2.24, 2.45) is 0 Å². The van der Waals surface area contributed by atoms with Gasteiger partial charge < -0.3 is 4.90 Å². The van der Waals surface area contributed by atoms with Gasteiger partial charge in [-0.05, 0) is 61.6 Å². The van der Waals surface area contributed by atoms with Crippen molar-refractivity contribution in [3.8, 4) is 11.3 Å². The first-order valence-corrected chi connectivity index (χ1v) is 8.94. The van der Waals surface area contributed by atoms with Crippen molar-refractivity contribution >= 4 is 5.82 Å². The van der Waals surface area contributed by atoms with Gasteiger partial charge in [0, 0.05) is 30.5 Å². The largest absolute Gasteiger partial charge is 0.355 e. The van der Waals surface area contributed by atoms with Crippen molar-refractivity contribution in [2.75, 3.05) is 18.0 Å².